The van der Waals surface area contributed by atoms with Gasteiger partial charge in [0.15, 0.2) is 6.61 Å². The molecule has 0 aliphatic heterocycles. The number of carbonyl (C=O) groups excluding carboxylic acids is 2. The summed E-state index contributed by atoms with van der Waals surface area (Å²) >= 11 is 0. The van der Waals surface area contributed by atoms with Gasteiger partial charge in [-0.25, -0.2) is 4.79 Å². The summed E-state index contributed by atoms with van der Waals surface area (Å²) in [5, 5.41) is 0. The molecule has 0 N–H and O–H groups in total. The fourth-order valence-corrected chi connectivity index (χ4v) is 6.47. The summed E-state index contributed by atoms with van der Waals surface area (Å²) in [6.45, 7) is 12.2. The quantitative estimate of drug-likeness (QED) is 0.576. The van der Waals surface area contributed by atoms with Crippen LogP contribution in [0.2, 0.25) is 0 Å². The lowest BCUT2D eigenvalue weighted by molar-refractivity contribution is -0.242. The van der Waals surface area contributed by atoms with Crippen LogP contribution in [0.25, 0.3) is 0 Å². The van der Waals surface area contributed by atoms with E-state index in [1.54, 1.807) is 0 Å². The average molecular weight is 379 g/mol. The molecule has 0 aromatic heterocycles. The monoisotopic (exact) mass is 378 g/mol. The van der Waals surface area contributed by atoms with Crippen molar-refractivity contribution in [3.63, 3.8) is 0 Å². The first-order valence-electron chi connectivity index (χ1n) is 11.0. The molecule has 4 bridgehead atoms. The molecule has 4 fully saturated rings. The van der Waals surface area contributed by atoms with E-state index in [4.69, 9.17) is 9.47 Å². The summed E-state index contributed by atoms with van der Waals surface area (Å²) in [5.74, 6) is 1.35. The fraction of sp³-hybridized carbons (Fsp3) is 0.913. The number of hydrogen-bond acceptors (Lipinski definition) is 4. The summed E-state index contributed by atoms with van der Waals surface area (Å²) in [6, 6.07) is 0. The van der Waals surface area contributed by atoms with Crippen molar-refractivity contribution < 1.29 is 19.1 Å². The van der Waals surface area contributed by atoms with Crippen LogP contribution in [0, 0.1) is 34.5 Å². The van der Waals surface area contributed by atoms with E-state index >= 15 is 0 Å². The second kappa shape index (κ2) is 7.08. The Morgan fingerprint density at radius 3 is 2.19 bits per heavy atom. The number of hydrogen-bond donors (Lipinski definition) is 0. The lowest BCUT2D eigenvalue weighted by atomic mass is 9.43. The van der Waals surface area contributed by atoms with Crippen molar-refractivity contribution in [3.8, 4) is 0 Å². The van der Waals surface area contributed by atoms with Crippen LogP contribution in [-0.2, 0) is 19.1 Å². The normalized spacial score (nSPS) is 38.5. The molecule has 0 aromatic rings. The van der Waals surface area contributed by atoms with Crippen LogP contribution in [0.1, 0.15) is 86.5 Å². The minimum Gasteiger partial charge on any atom is -0.456 e. The van der Waals surface area contributed by atoms with E-state index in [-0.39, 0.29) is 24.1 Å². The van der Waals surface area contributed by atoms with Crippen LogP contribution in [0.4, 0.5) is 0 Å². The van der Waals surface area contributed by atoms with Gasteiger partial charge in [0.2, 0.25) is 0 Å². The third-order valence-electron chi connectivity index (χ3n) is 8.20. The minimum absolute atomic E-state index is 0.263. The van der Waals surface area contributed by atoms with Crippen LogP contribution in [-0.4, -0.2) is 24.1 Å². The molecule has 0 saturated heterocycles. The SMILES string of the molecule is CCC(C)C1(OC(=O)COC(=O)C(C)(C)CC)C2CC3CC1CC(C)(C3)C2. The van der Waals surface area contributed by atoms with E-state index in [0.29, 0.717) is 29.6 Å². The molecule has 154 valence electrons. The highest BCUT2D eigenvalue weighted by molar-refractivity contribution is 5.80. The molecule has 4 nitrogen and oxygen atoms in total. The summed E-state index contributed by atoms with van der Waals surface area (Å²) < 4.78 is 11.6. The molecule has 4 saturated carbocycles. The van der Waals surface area contributed by atoms with Gasteiger partial charge in [0, 0.05) is 11.8 Å². The first-order chi connectivity index (χ1) is 12.6. The Kier molecular flexibility index (Phi) is 5.42. The van der Waals surface area contributed by atoms with Gasteiger partial charge >= 0.3 is 11.9 Å². The van der Waals surface area contributed by atoms with Gasteiger partial charge in [-0.1, -0.05) is 27.7 Å². The zero-order valence-electron chi connectivity index (χ0n) is 18.1. The second-order valence-corrected chi connectivity index (χ2v) is 10.6. The van der Waals surface area contributed by atoms with E-state index in [9.17, 15) is 9.59 Å². The van der Waals surface area contributed by atoms with Gasteiger partial charge < -0.3 is 9.47 Å². The van der Waals surface area contributed by atoms with Crippen molar-refractivity contribution in [3.05, 3.63) is 0 Å². The Balaban J connectivity index is 1.73. The van der Waals surface area contributed by atoms with Crippen molar-refractivity contribution in [2.45, 2.75) is 92.1 Å². The highest BCUT2D eigenvalue weighted by atomic mass is 16.6. The summed E-state index contributed by atoms with van der Waals surface area (Å²) in [6.07, 6.45) is 7.74. The van der Waals surface area contributed by atoms with Gasteiger partial charge in [0.25, 0.3) is 0 Å². The Bertz CT molecular complexity index is 577. The van der Waals surface area contributed by atoms with Gasteiger partial charge in [-0.2, -0.15) is 0 Å². The van der Waals surface area contributed by atoms with Crippen LogP contribution in [0.5, 0.6) is 0 Å². The molecular formula is C23H38O4. The van der Waals surface area contributed by atoms with Crippen molar-refractivity contribution in [2.75, 3.05) is 6.61 Å². The van der Waals surface area contributed by atoms with Crippen molar-refractivity contribution in [1.29, 1.82) is 0 Å². The molecule has 0 heterocycles. The molecule has 3 unspecified atom stereocenters. The summed E-state index contributed by atoms with van der Waals surface area (Å²) in [4.78, 5) is 25.0. The van der Waals surface area contributed by atoms with Gasteiger partial charge in [-0.15, -0.1) is 0 Å². The first-order valence-corrected chi connectivity index (χ1v) is 11.0. The lowest BCUT2D eigenvalue weighted by Gasteiger charge is -2.65. The Morgan fingerprint density at radius 2 is 1.70 bits per heavy atom. The first kappa shape index (κ1) is 20.7. The predicted molar refractivity (Wildman–Crippen MR) is 105 cm³/mol. The highest BCUT2D eigenvalue weighted by Gasteiger charge is 2.64. The van der Waals surface area contributed by atoms with Crippen LogP contribution in [0.15, 0.2) is 0 Å². The maximum atomic E-state index is 12.8. The number of rotatable bonds is 7. The third-order valence-corrected chi connectivity index (χ3v) is 8.20. The van der Waals surface area contributed by atoms with Crippen LogP contribution >= 0.6 is 0 Å². The lowest BCUT2D eigenvalue weighted by Crippen LogP contribution is -2.65. The number of carbonyl (C=O) groups is 2. The van der Waals surface area contributed by atoms with Crippen LogP contribution in [0.3, 0.4) is 0 Å². The average Bonchev–Trinajstić information content (AvgIpc) is 2.60. The number of esters is 2. The van der Waals surface area contributed by atoms with Crippen molar-refractivity contribution in [2.24, 2.45) is 34.5 Å². The number of ether oxygens (including phenoxy) is 2. The molecule has 0 aromatic carbocycles. The molecule has 4 rings (SSSR count). The molecule has 4 heteroatoms. The maximum absolute atomic E-state index is 12.8. The zero-order chi connectivity index (χ0) is 20.0. The molecule has 0 radical (unpaired) electrons. The van der Waals surface area contributed by atoms with E-state index in [1.807, 2.05) is 20.8 Å². The van der Waals surface area contributed by atoms with E-state index in [1.165, 1.54) is 32.1 Å². The fourth-order valence-electron chi connectivity index (χ4n) is 6.47. The van der Waals surface area contributed by atoms with Gasteiger partial charge in [0.05, 0.1) is 5.41 Å². The van der Waals surface area contributed by atoms with Gasteiger partial charge in [-0.05, 0) is 76.0 Å². The Morgan fingerprint density at radius 1 is 1.11 bits per heavy atom. The smallest absolute Gasteiger partial charge is 0.344 e. The highest BCUT2D eigenvalue weighted by Crippen LogP contribution is 2.66. The van der Waals surface area contributed by atoms with Crippen molar-refractivity contribution in [1.82, 2.24) is 0 Å². The third kappa shape index (κ3) is 3.53. The standard InChI is InChI=1S/C23H38O4/c1-7-15(3)23(27-19(24)14-26-20(25)21(4,5)8-2)17-9-16-10-18(23)13-22(6,11-16)12-17/h15-18H,7-14H2,1-6H3. The van der Waals surface area contributed by atoms with Gasteiger partial charge in [-0.3, -0.25) is 4.79 Å². The van der Waals surface area contributed by atoms with E-state index in [0.717, 1.165) is 12.3 Å². The van der Waals surface area contributed by atoms with E-state index < -0.39 is 5.41 Å². The molecule has 3 atom stereocenters. The van der Waals surface area contributed by atoms with E-state index in [2.05, 4.69) is 20.8 Å². The molecule has 4 aliphatic rings. The molecule has 27 heavy (non-hydrogen) atoms. The largest absolute Gasteiger partial charge is 0.456 e. The Labute approximate surface area is 164 Å². The minimum atomic E-state index is -0.564. The topological polar surface area (TPSA) is 52.6 Å². The van der Waals surface area contributed by atoms with Gasteiger partial charge in [0.1, 0.15) is 5.60 Å². The summed E-state index contributed by atoms with van der Waals surface area (Å²) in [7, 11) is 0. The van der Waals surface area contributed by atoms with Crippen molar-refractivity contribution >= 4 is 11.9 Å². The second-order valence-electron chi connectivity index (χ2n) is 10.6. The maximum Gasteiger partial charge on any atom is 0.344 e. The molecular weight excluding hydrogens is 340 g/mol. The summed E-state index contributed by atoms with van der Waals surface area (Å²) in [5.41, 5.74) is -0.502. The molecule has 0 amide bonds. The predicted octanol–water partition coefficient (Wildman–Crippen LogP) is 5.14. The molecule has 4 aliphatic carbocycles. The Hall–Kier alpha value is -1.06. The van der Waals surface area contributed by atoms with Crippen LogP contribution < -0.4 is 0 Å². The zero-order valence-corrected chi connectivity index (χ0v) is 18.1. The molecule has 0 spiro atoms.